The molecule has 0 N–H and O–H groups in total. The van der Waals surface area contributed by atoms with Crippen LogP contribution in [0.1, 0.15) is 186 Å². The predicted octanol–water partition coefficient (Wildman–Crippen LogP) is 26.6. The van der Waals surface area contributed by atoms with E-state index in [9.17, 15) is 19.2 Å². The van der Waals surface area contributed by atoms with E-state index in [4.69, 9.17) is 36.6 Å². The Morgan fingerprint density at radius 3 is 0.645 bits per heavy atom. The molecule has 110 heavy (non-hydrogen) atoms. The molecule has 0 aromatic heterocycles. The van der Waals surface area contributed by atoms with Crippen LogP contribution in [0, 0.1) is 21.7 Å². The molecule has 6 aliphatic heterocycles. The molecule has 0 radical (unpaired) electrons. The van der Waals surface area contributed by atoms with E-state index in [1.54, 1.807) is 46.2 Å². The van der Waals surface area contributed by atoms with Crippen molar-refractivity contribution >= 4 is 121 Å². The Bertz CT molecular complexity index is 5740. The number of hydrogen-bond acceptors (Lipinski definition) is 14. The fourth-order valence-corrected chi connectivity index (χ4v) is 19.6. The monoisotopic (exact) mass is 1470 g/mol. The fourth-order valence-electron chi connectivity index (χ4n) is 19.6. The van der Waals surface area contributed by atoms with Gasteiger partial charge in [-0.1, -0.05) is 199 Å². The van der Waals surface area contributed by atoms with E-state index in [1.165, 1.54) is 0 Å². The van der Waals surface area contributed by atoms with Crippen molar-refractivity contribution in [3.8, 4) is 46.0 Å². The molecule has 0 amide bonds. The summed E-state index contributed by atoms with van der Waals surface area (Å²) in [5.74, 6) is 3.54. The first kappa shape index (κ1) is 71.8. The highest BCUT2D eigenvalue weighted by atomic mass is 16.5. The van der Waals surface area contributed by atoms with Gasteiger partial charge in [0, 0.05) is 64.6 Å². The minimum Gasteiger partial charge on any atom is -0.457 e. The zero-order valence-corrected chi connectivity index (χ0v) is 66.6. The molecule has 11 aromatic carbocycles. The Balaban J connectivity index is 1.08. The summed E-state index contributed by atoms with van der Waals surface area (Å²) in [6, 6.07) is 50.4. The van der Waals surface area contributed by atoms with Crippen LogP contribution < -0.4 is 51.2 Å². The average Bonchev–Trinajstić information content (AvgIpc) is 0.664. The second kappa shape index (κ2) is 24.2. The predicted molar refractivity (Wildman–Crippen MR) is 445 cm³/mol. The maximum Gasteiger partial charge on any atom is 0.347 e. The van der Waals surface area contributed by atoms with Crippen LogP contribution in [0.3, 0.4) is 0 Å². The van der Waals surface area contributed by atoms with Crippen molar-refractivity contribution in [3.05, 3.63) is 222 Å². The molecule has 0 bridgehead atoms. The molecule has 6 aliphatic rings. The van der Waals surface area contributed by atoms with Crippen LogP contribution in [0.25, 0.3) is 86.2 Å². The molecule has 11 aromatic rings. The summed E-state index contributed by atoms with van der Waals surface area (Å²) in [7, 11) is 0. The van der Waals surface area contributed by atoms with Crippen LogP contribution in [0.2, 0.25) is 0 Å². The van der Waals surface area contributed by atoms with Crippen LogP contribution >= 0.6 is 0 Å². The van der Waals surface area contributed by atoms with Crippen molar-refractivity contribution in [1.29, 1.82) is 0 Å². The molecule has 0 spiro atoms. The van der Waals surface area contributed by atoms with Gasteiger partial charge in [0.25, 0.3) is 0 Å². The third kappa shape index (κ3) is 12.0. The van der Waals surface area contributed by atoms with Gasteiger partial charge in [-0.2, -0.15) is 0 Å². The van der Waals surface area contributed by atoms with Gasteiger partial charge in [-0.15, -0.1) is 0 Å². The molecule has 6 heterocycles. The number of nitrogens with zero attached hydrogens (tertiary/aromatic N) is 2. The van der Waals surface area contributed by atoms with Crippen LogP contribution in [0.15, 0.2) is 195 Å². The summed E-state index contributed by atoms with van der Waals surface area (Å²) in [6.07, 6.45) is 3.62. The van der Waals surface area contributed by atoms with Gasteiger partial charge in [-0.3, -0.25) is 0 Å². The van der Waals surface area contributed by atoms with Gasteiger partial charge in [-0.05, 0) is 188 Å². The summed E-state index contributed by atoms with van der Waals surface area (Å²) >= 11 is 0. The van der Waals surface area contributed by atoms with Crippen molar-refractivity contribution in [2.75, 3.05) is 9.80 Å². The summed E-state index contributed by atoms with van der Waals surface area (Å²) in [5, 5.41) is 6.56. The maximum atomic E-state index is 14.9. The number of para-hydroxylation sites is 2. The van der Waals surface area contributed by atoms with E-state index >= 15 is 0 Å². The van der Waals surface area contributed by atoms with Crippen LogP contribution in [-0.4, -0.2) is 0 Å². The second-order valence-corrected chi connectivity index (χ2v) is 38.5. The van der Waals surface area contributed by atoms with Crippen molar-refractivity contribution in [3.63, 3.8) is 0 Å². The van der Waals surface area contributed by atoms with Gasteiger partial charge in [0.2, 0.25) is 23.5 Å². The summed E-state index contributed by atoms with van der Waals surface area (Å²) in [4.78, 5) is 63.2. The van der Waals surface area contributed by atoms with E-state index < -0.39 is 22.5 Å². The smallest absolute Gasteiger partial charge is 0.347 e. The third-order valence-electron chi connectivity index (χ3n) is 22.4. The molecule has 17 rings (SSSR count). The zero-order valence-electron chi connectivity index (χ0n) is 66.6. The number of rotatable bonds is 16. The Kier molecular flexibility index (Phi) is 15.8. The lowest BCUT2D eigenvalue weighted by Crippen LogP contribution is -2.25. The Hall–Kier alpha value is -11.1. The number of hydrogen-bond donors (Lipinski definition) is 0. The molecular formula is C96H94N2O12. The molecule has 0 atom stereocenters. The first-order valence-electron chi connectivity index (χ1n) is 38.3. The SMILES string of the molecule is CC(C)(C)CC(C)(C)c1ccc(Oc2cc3c4oc(=O)c5cccc6c5N4c(oc6=O)c4cc(Oc5ccc(C(C)(C)CC(C)(C)C)cc5)c5c6c(Oc7ccc(C(C)(C)CC(C)(C)C)cc7)cc7c8oc(=O)c9cccc%10c9N8c(oc%10=O)c8cc(Oc9ccc(C(C)(C)CC(C)(C)C)cc9)c(c2c5c34)c6c87)cc1. The lowest BCUT2D eigenvalue weighted by atomic mass is 9.72. The van der Waals surface area contributed by atoms with E-state index in [0.717, 1.165) is 47.9 Å². The van der Waals surface area contributed by atoms with Crippen LogP contribution in [0.5, 0.6) is 46.0 Å². The van der Waals surface area contributed by atoms with E-state index in [-0.39, 0.29) is 88.4 Å². The molecule has 14 nitrogen and oxygen atoms in total. The lowest BCUT2D eigenvalue weighted by molar-refractivity contribution is 0.283. The normalized spacial score (nSPS) is 13.9. The van der Waals surface area contributed by atoms with Gasteiger partial charge in [0.05, 0.1) is 32.9 Å². The van der Waals surface area contributed by atoms with E-state index in [2.05, 4.69) is 187 Å². The number of fused-ring (bicyclic) bond motifs is 6. The molecule has 0 fully saturated rings. The van der Waals surface area contributed by atoms with Gasteiger partial charge in [0.1, 0.15) is 46.0 Å². The fraction of sp³-hybridized carbons (Fsp3) is 0.333. The van der Waals surface area contributed by atoms with Crippen molar-refractivity contribution < 1.29 is 36.6 Å². The minimum absolute atomic E-state index is 0.0196. The van der Waals surface area contributed by atoms with Crippen molar-refractivity contribution in [2.45, 2.75) is 186 Å². The van der Waals surface area contributed by atoms with Gasteiger partial charge in [-0.25, -0.2) is 29.0 Å². The zero-order chi connectivity index (χ0) is 78.0. The van der Waals surface area contributed by atoms with Gasteiger partial charge in [0.15, 0.2) is 0 Å². The highest BCUT2D eigenvalue weighted by Gasteiger charge is 2.42. The molecule has 0 saturated carbocycles. The number of anilines is 6. The van der Waals surface area contributed by atoms with Crippen LogP contribution in [0.4, 0.5) is 34.9 Å². The number of ether oxygens (including phenoxy) is 4. The highest BCUT2D eigenvalue weighted by molar-refractivity contribution is 6.46. The molecule has 14 heteroatoms. The van der Waals surface area contributed by atoms with Crippen molar-refractivity contribution in [1.82, 2.24) is 0 Å². The van der Waals surface area contributed by atoms with E-state index in [0.29, 0.717) is 122 Å². The molecule has 0 saturated heterocycles. The van der Waals surface area contributed by atoms with Crippen LogP contribution in [-0.2, 0) is 21.7 Å². The Morgan fingerprint density at radius 1 is 0.255 bits per heavy atom. The lowest BCUT2D eigenvalue weighted by Gasteiger charge is -2.33. The Morgan fingerprint density at radius 2 is 0.455 bits per heavy atom. The largest absolute Gasteiger partial charge is 0.457 e. The topological polar surface area (TPSA) is 164 Å². The average molecular weight is 1470 g/mol. The molecular weight excluding hydrogens is 1370 g/mol. The Labute approximate surface area is 639 Å². The third-order valence-corrected chi connectivity index (χ3v) is 22.4. The van der Waals surface area contributed by atoms with Gasteiger partial charge < -0.3 is 36.6 Å². The van der Waals surface area contributed by atoms with Gasteiger partial charge >= 0.3 is 22.5 Å². The maximum absolute atomic E-state index is 14.9. The standard InChI is InChI=1S/C96H94N2O12/c1-89(2,3)47-93(13,14)51-27-35-55(36-28-51)103-67-43-63-71-64(82-97-79-59(85(99)107-81(63)97)23-21-24-60(79)86(100)108-82)45-69(105-57-39-31-53(32-40-57)95(17,18)49-91(7,8)9)75-76-70(106-58-41-33-54(34-42-58)96(19,20)50-92(10,11)12)46-66-72-65(83-98-80-61(87(101)109-83)25-22-26-62(80)88(102)110-84(66)98)44-68(74(78(72)76)73(67)77(71)75)104-56-37-29-52(30-38-56)94(15,16)48-90(4,5)6/h21-46H,47-50H2,1-20H3. The highest BCUT2D eigenvalue weighted by Crippen LogP contribution is 2.64. The van der Waals surface area contributed by atoms with E-state index in [1.807, 2.05) is 72.8 Å². The first-order chi connectivity index (χ1) is 51.6. The first-order valence-corrected chi connectivity index (χ1v) is 38.3. The molecule has 0 unspecified atom stereocenters. The number of benzene rings is 11. The van der Waals surface area contributed by atoms with Crippen molar-refractivity contribution in [2.24, 2.45) is 21.7 Å². The summed E-state index contributed by atoms with van der Waals surface area (Å²) < 4.78 is 57.3. The summed E-state index contributed by atoms with van der Waals surface area (Å²) in [6.45, 7) is 45.1. The molecule has 0 aliphatic carbocycles. The quantitative estimate of drug-likeness (QED) is 0.0663. The second-order valence-electron chi connectivity index (χ2n) is 38.5. The summed E-state index contributed by atoms with van der Waals surface area (Å²) in [5.41, 5.74) is 1.63. The molecule has 560 valence electrons. The minimum atomic E-state index is -0.664.